The van der Waals surface area contributed by atoms with Crippen LogP contribution in [-0.2, 0) is 11.2 Å². The minimum Gasteiger partial charge on any atom is -0.389 e. The van der Waals surface area contributed by atoms with Crippen LogP contribution in [-0.4, -0.2) is 54.3 Å². The smallest absolute Gasteiger partial charge is 0.254 e. The number of hydrogen-bond donors (Lipinski definition) is 1. The van der Waals surface area contributed by atoms with E-state index in [2.05, 4.69) is 4.98 Å². The monoisotopic (exact) mass is 252 g/mol. The Labute approximate surface area is 107 Å². The molecular weight excluding hydrogens is 232 g/mol. The Morgan fingerprint density at radius 1 is 1.61 bits per heavy atom. The Balaban J connectivity index is 2.74. The van der Waals surface area contributed by atoms with Crippen LogP contribution >= 0.6 is 0 Å². The summed E-state index contributed by atoms with van der Waals surface area (Å²) in [4.78, 5) is 17.7. The summed E-state index contributed by atoms with van der Waals surface area (Å²) in [6.07, 6.45) is 3.39. The minimum atomic E-state index is -0.670. The van der Waals surface area contributed by atoms with Gasteiger partial charge < -0.3 is 14.7 Å². The van der Waals surface area contributed by atoms with E-state index < -0.39 is 6.10 Å². The molecule has 1 aromatic heterocycles. The van der Waals surface area contributed by atoms with Crippen LogP contribution in [0.1, 0.15) is 22.8 Å². The quantitative estimate of drug-likeness (QED) is 0.810. The highest BCUT2D eigenvalue weighted by Crippen LogP contribution is 2.10. The first-order valence-electron chi connectivity index (χ1n) is 5.95. The van der Waals surface area contributed by atoms with E-state index in [1.54, 1.807) is 25.5 Å². The van der Waals surface area contributed by atoms with Crippen LogP contribution < -0.4 is 0 Å². The Hall–Kier alpha value is -1.46. The predicted octanol–water partition coefficient (Wildman–Crippen LogP) is 0.723. The lowest BCUT2D eigenvalue weighted by molar-refractivity contribution is 0.0380. The molecule has 5 heteroatoms. The first-order chi connectivity index (χ1) is 8.60. The van der Waals surface area contributed by atoms with Crippen LogP contribution in [0.25, 0.3) is 0 Å². The van der Waals surface area contributed by atoms with E-state index >= 15 is 0 Å². The third kappa shape index (κ3) is 3.78. The Bertz CT molecular complexity index is 396. The third-order valence-corrected chi connectivity index (χ3v) is 2.71. The van der Waals surface area contributed by atoms with Crippen LogP contribution in [0.4, 0.5) is 0 Å². The second kappa shape index (κ2) is 7.08. The van der Waals surface area contributed by atoms with Crippen LogP contribution in [0.15, 0.2) is 18.5 Å². The Kier molecular flexibility index (Phi) is 5.74. The van der Waals surface area contributed by atoms with Gasteiger partial charge in [-0.2, -0.15) is 0 Å². The number of pyridine rings is 1. The van der Waals surface area contributed by atoms with Crippen molar-refractivity contribution in [3.05, 3.63) is 29.6 Å². The summed E-state index contributed by atoms with van der Waals surface area (Å²) in [5.74, 6) is -0.107. The summed E-state index contributed by atoms with van der Waals surface area (Å²) in [6, 6.07) is 1.71. The van der Waals surface area contributed by atoms with Crippen molar-refractivity contribution in [3.63, 3.8) is 0 Å². The van der Waals surface area contributed by atoms with Crippen molar-refractivity contribution in [1.82, 2.24) is 9.88 Å². The van der Waals surface area contributed by atoms with Crippen LogP contribution in [0, 0.1) is 0 Å². The molecule has 1 N–H and O–H groups in total. The number of carbonyl (C=O) groups excluding carboxylic acids is 1. The van der Waals surface area contributed by atoms with Gasteiger partial charge in [0, 0.05) is 38.7 Å². The zero-order valence-electron chi connectivity index (χ0n) is 11.1. The maximum absolute atomic E-state index is 12.2. The molecule has 0 saturated heterocycles. The fraction of sp³-hybridized carbons (Fsp3) is 0.538. The molecule has 0 aliphatic heterocycles. The molecule has 100 valence electrons. The Morgan fingerprint density at radius 2 is 2.33 bits per heavy atom. The van der Waals surface area contributed by atoms with Crippen LogP contribution in [0.3, 0.4) is 0 Å². The number of methoxy groups -OCH3 is 1. The van der Waals surface area contributed by atoms with Gasteiger partial charge in [-0.1, -0.05) is 6.92 Å². The fourth-order valence-electron chi connectivity index (χ4n) is 1.77. The van der Waals surface area contributed by atoms with Gasteiger partial charge >= 0.3 is 0 Å². The number of aromatic nitrogens is 1. The average molecular weight is 252 g/mol. The van der Waals surface area contributed by atoms with Crippen LogP contribution in [0.5, 0.6) is 0 Å². The molecule has 1 atom stereocenters. The van der Waals surface area contributed by atoms with E-state index in [0.717, 1.165) is 12.0 Å². The molecule has 0 radical (unpaired) electrons. The van der Waals surface area contributed by atoms with E-state index in [0.29, 0.717) is 5.56 Å². The van der Waals surface area contributed by atoms with Gasteiger partial charge in [0.1, 0.15) is 0 Å². The molecule has 0 aliphatic carbocycles. The molecule has 1 unspecified atom stereocenters. The lowest BCUT2D eigenvalue weighted by Gasteiger charge is -2.21. The van der Waals surface area contributed by atoms with Gasteiger partial charge in [-0.15, -0.1) is 0 Å². The zero-order valence-corrected chi connectivity index (χ0v) is 11.1. The topological polar surface area (TPSA) is 62.7 Å². The van der Waals surface area contributed by atoms with Gasteiger partial charge in [0.15, 0.2) is 0 Å². The van der Waals surface area contributed by atoms with Crippen molar-refractivity contribution in [2.75, 3.05) is 27.3 Å². The van der Waals surface area contributed by atoms with Gasteiger partial charge in [-0.05, 0) is 18.1 Å². The standard InChI is InChI=1S/C13H20N2O3/c1-4-10-7-14-6-5-12(10)13(17)15(2)8-11(16)9-18-3/h5-7,11,16H,4,8-9H2,1-3H3. The van der Waals surface area contributed by atoms with Gasteiger partial charge in [-0.3, -0.25) is 9.78 Å². The number of nitrogens with zero attached hydrogens (tertiary/aromatic N) is 2. The van der Waals surface area contributed by atoms with Crippen molar-refractivity contribution in [1.29, 1.82) is 0 Å². The molecule has 0 saturated carbocycles. The van der Waals surface area contributed by atoms with E-state index in [9.17, 15) is 9.90 Å². The Morgan fingerprint density at radius 3 is 2.94 bits per heavy atom. The summed E-state index contributed by atoms with van der Waals surface area (Å²) in [5.41, 5.74) is 1.55. The SMILES string of the molecule is CCc1cnccc1C(=O)N(C)CC(O)COC. The molecule has 0 spiro atoms. The first-order valence-corrected chi connectivity index (χ1v) is 5.95. The summed E-state index contributed by atoms with van der Waals surface area (Å²) >= 11 is 0. The summed E-state index contributed by atoms with van der Waals surface area (Å²) < 4.78 is 4.84. The number of rotatable bonds is 6. The molecule has 0 aliphatic rings. The first kappa shape index (κ1) is 14.6. The third-order valence-electron chi connectivity index (χ3n) is 2.71. The summed E-state index contributed by atoms with van der Waals surface area (Å²) in [6.45, 7) is 2.44. The molecule has 0 bridgehead atoms. The highest BCUT2D eigenvalue weighted by Gasteiger charge is 2.17. The summed E-state index contributed by atoms with van der Waals surface area (Å²) in [7, 11) is 3.18. The van der Waals surface area contributed by atoms with Crippen molar-refractivity contribution < 1.29 is 14.6 Å². The van der Waals surface area contributed by atoms with Gasteiger partial charge in [-0.25, -0.2) is 0 Å². The number of amides is 1. The normalized spacial score (nSPS) is 12.2. The highest BCUT2D eigenvalue weighted by molar-refractivity contribution is 5.95. The second-order valence-corrected chi connectivity index (χ2v) is 4.18. The number of ether oxygens (including phenoxy) is 1. The molecule has 1 amide bonds. The van der Waals surface area contributed by atoms with Crippen molar-refractivity contribution in [2.45, 2.75) is 19.4 Å². The highest BCUT2D eigenvalue weighted by atomic mass is 16.5. The van der Waals surface area contributed by atoms with Crippen molar-refractivity contribution in [2.24, 2.45) is 0 Å². The van der Waals surface area contributed by atoms with Gasteiger partial charge in [0.25, 0.3) is 5.91 Å². The predicted molar refractivity (Wildman–Crippen MR) is 68.5 cm³/mol. The van der Waals surface area contributed by atoms with Crippen molar-refractivity contribution in [3.8, 4) is 0 Å². The maximum Gasteiger partial charge on any atom is 0.254 e. The number of aliphatic hydroxyl groups excluding tert-OH is 1. The number of hydrogen-bond acceptors (Lipinski definition) is 4. The lowest BCUT2D eigenvalue weighted by Crippen LogP contribution is -2.36. The molecule has 5 nitrogen and oxygen atoms in total. The van der Waals surface area contributed by atoms with E-state index in [1.807, 2.05) is 6.92 Å². The molecule has 1 aromatic rings. The fourth-order valence-corrected chi connectivity index (χ4v) is 1.77. The molecule has 0 aromatic carbocycles. The minimum absolute atomic E-state index is 0.107. The van der Waals surface area contributed by atoms with E-state index in [1.165, 1.54) is 12.0 Å². The van der Waals surface area contributed by atoms with Crippen LogP contribution in [0.2, 0.25) is 0 Å². The molecule has 1 heterocycles. The number of carbonyl (C=O) groups is 1. The average Bonchev–Trinajstić information content (AvgIpc) is 2.38. The maximum atomic E-state index is 12.2. The van der Waals surface area contributed by atoms with E-state index in [-0.39, 0.29) is 19.1 Å². The molecule has 0 fully saturated rings. The van der Waals surface area contributed by atoms with Gasteiger partial charge in [0.05, 0.1) is 12.7 Å². The number of aryl methyl sites for hydroxylation is 1. The number of likely N-dealkylation sites (N-methyl/N-ethyl adjacent to an activating group) is 1. The van der Waals surface area contributed by atoms with Crippen molar-refractivity contribution >= 4 is 5.91 Å². The van der Waals surface area contributed by atoms with E-state index in [4.69, 9.17) is 4.74 Å². The summed E-state index contributed by atoms with van der Waals surface area (Å²) in [5, 5.41) is 9.61. The molecular formula is C13H20N2O3. The largest absolute Gasteiger partial charge is 0.389 e. The second-order valence-electron chi connectivity index (χ2n) is 4.18. The molecule has 1 rings (SSSR count). The van der Waals surface area contributed by atoms with Gasteiger partial charge in [0.2, 0.25) is 0 Å². The lowest BCUT2D eigenvalue weighted by atomic mass is 10.1. The molecule has 18 heavy (non-hydrogen) atoms. The zero-order chi connectivity index (χ0) is 13.5. The number of aliphatic hydroxyl groups is 1.